The van der Waals surface area contributed by atoms with Gasteiger partial charge in [-0.15, -0.1) is 5.75 Å². The molecular weight excluding hydrogens is 180 g/mol. The summed E-state index contributed by atoms with van der Waals surface area (Å²) in [6.45, 7) is 0. The number of carboxylic acids is 1. The van der Waals surface area contributed by atoms with Crippen molar-refractivity contribution in [1.29, 1.82) is 0 Å². The van der Waals surface area contributed by atoms with Crippen LogP contribution < -0.4 is 5.11 Å². The summed E-state index contributed by atoms with van der Waals surface area (Å²) in [7, 11) is 0. The topological polar surface area (TPSA) is 60.4 Å². The van der Waals surface area contributed by atoms with Crippen molar-refractivity contribution in [1.82, 2.24) is 0 Å². The fourth-order valence-corrected chi connectivity index (χ4v) is 1.38. The van der Waals surface area contributed by atoms with E-state index < -0.39 is 5.97 Å². The second-order valence-electron chi connectivity index (χ2n) is 3.00. The quantitative estimate of drug-likeness (QED) is 0.737. The van der Waals surface area contributed by atoms with Gasteiger partial charge in [0.15, 0.2) is 0 Å². The second kappa shape index (κ2) is 3.03. The van der Waals surface area contributed by atoms with Crippen LogP contribution in [-0.2, 0) is 0 Å². The van der Waals surface area contributed by atoms with Crippen molar-refractivity contribution in [3.05, 3.63) is 42.0 Å². The van der Waals surface area contributed by atoms with Crippen molar-refractivity contribution < 1.29 is 15.0 Å². The molecule has 0 aliphatic carbocycles. The highest BCUT2D eigenvalue weighted by Crippen LogP contribution is 2.22. The first-order valence-electron chi connectivity index (χ1n) is 4.11. The van der Waals surface area contributed by atoms with Crippen LogP contribution in [0.4, 0.5) is 0 Å². The third-order valence-corrected chi connectivity index (χ3v) is 2.09. The molecule has 70 valence electrons. The Bertz CT molecular complexity index is 503. The van der Waals surface area contributed by atoms with Crippen LogP contribution in [0.15, 0.2) is 36.4 Å². The first kappa shape index (κ1) is 8.56. The van der Waals surface area contributed by atoms with Crippen LogP contribution in [0, 0.1) is 0 Å². The van der Waals surface area contributed by atoms with Crippen LogP contribution in [0.25, 0.3) is 10.8 Å². The number of rotatable bonds is 1. The van der Waals surface area contributed by atoms with Crippen LogP contribution in [0.3, 0.4) is 0 Å². The summed E-state index contributed by atoms with van der Waals surface area (Å²) in [6, 6.07) is 9.39. The summed E-state index contributed by atoms with van der Waals surface area (Å²) >= 11 is 0. The van der Waals surface area contributed by atoms with Gasteiger partial charge in [0.05, 0.1) is 5.56 Å². The van der Waals surface area contributed by atoms with Crippen molar-refractivity contribution in [2.24, 2.45) is 0 Å². The fraction of sp³-hybridized carbons (Fsp3) is 0. The Labute approximate surface area is 80.2 Å². The van der Waals surface area contributed by atoms with E-state index in [9.17, 15) is 9.90 Å². The van der Waals surface area contributed by atoms with Gasteiger partial charge in [-0.1, -0.05) is 24.3 Å². The lowest BCUT2D eigenvalue weighted by Gasteiger charge is -2.09. The highest BCUT2D eigenvalue weighted by atomic mass is 16.4. The Kier molecular flexibility index (Phi) is 1.85. The molecule has 0 unspecified atom stereocenters. The van der Waals surface area contributed by atoms with Gasteiger partial charge in [0.25, 0.3) is 0 Å². The number of carboxylic acid groups (broad SMARTS) is 1. The van der Waals surface area contributed by atoms with E-state index in [0.29, 0.717) is 5.39 Å². The van der Waals surface area contributed by atoms with E-state index >= 15 is 0 Å². The van der Waals surface area contributed by atoms with Crippen molar-refractivity contribution in [3.8, 4) is 5.75 Å². The van der Waals surface area contributed by atoms with E-state index in [-0.39, 0.29) is 11.3 Å². The SMILES string of the molecule is O=C(O)c1ccc2cccc([O-])c2c1. The number of aromatic carboxylic acids is 1. The molecule has 0 radical (unpaired) electrons. The molecule has 0 bridgehead atoms. The van der Waals surface area contributed by atoms with Crippen LogP contribution >= 0.6 is 0 Å². The molecular formula is C11H7O3-. The molecule has 2 rings (SSSR count). The van der Waals surface area contributed by atoms with E-state index in [1.165, 1.54) is 18.2 Å². The Hall–Kier alpha value is -2.03. The molecule has 0 saturated carbocycles. The third kappa shape index (κ3) is 1.29. The van der Waals surface area contributed by atoms with Crippen LogP contribution in [0.1, 0.15) is 10.4 Å². The lowest BCUT2D eigenvalue weighted by Crippen LogP contribution is -1.97. The average molecular weight is 187 g/mol. The first-order chi connectivity index (χ1) is 6.68. The Morgan fingerprint density at radius 2 is 2.00 bits per heavy atom. The van der Waals surface area contributed by atoms with Crippen molar-refractivity contribution in [3.63, 3.8) is 0 Å². The van der Waals surface area contributed by atoms with E-state index in [1.807, 2.05) is 0 Å². The lowest BCUT2D eigenvalue weighted by molar-refractivity contribution is -0.265. The molecule has 0 spiro atoms. The second-order valence-corrected chi connectivity index (χ2v) is 3.00. The zero-order chi connectivity index (χ0) is 10.1. The molecule has 14 heavy (non-hydrogen) atoms. The maximum atomic E-state index is 11.4. The Morgan fingerprint density at radius 3 is 2.71 bits per heavy atom. The summed E-state index contributed by atoms with van der Waals surface area (Å²) in [4.78, 5) is 10.7. The molecule has 3 heteroatoms. The maximum Gasteiger partial charge on any atom is 0.335 e. The highest BCUT2D eigenvalue weighted by molar-refractivity contribution is 5.96. The van der Waals surface area contributed by atoms with Gasteiger partial charge >= 0.3 is 5.97 Å². The molecule has 0 heterocycles. The summed E-state index contributed by atoms with van der Waals surface area (Å²) in [5, 5.41) is 21.3. The molecule has 0 amide bonds. The predicted octanol–water partition coefficient (Wildman–Crippen LogP) is 1.61. The molecule has 0 atom stereocenters. The molecule has 3 nitrogen and oxygen atoms in total. The van der Waals surface area contributed by atoms with Crippen LogP contribution in [0.2, 0.25) is 0 Å². The minimum Gasteiger partial charge on any atom is -0.872 e. The van der Waals surface area contributed by atoms with Crippen molar-refractivity contribution >= 4 is 16.7 Å². The smallest absolute Gasteiger partial charge is 0.335 e. The van der Waals surface area contributed by atoms with Gasteiger partial charge in [-0.3, -0.25) is 0 Å². The number of fused-ring (bicyclic) bond motifs is 1. The lowest BCUT2D eigenvalue weighted by atomic mass is 10.1. The minimum atomic E-state index is -1.02. The zero-order valence-electron chi connectivity index (χ0n) is 7.23. The fourth-order valence-electron chi connectivity index (χ4n) is 1.38. The number of benzene rings is 2. The van der Waals surface area contributed by atoms with Crippen LogP contribution in [-0.4, -0.2) is 11.1 Å². The molecule has 0 saturated heterocycles. The standard InChI is InChI=1S/C11H8O3/c12-10-3-1-2-7-4-5-8(11(13)14)6-9(7)10/h1-6,12H,(H,13,14)/p-1. The molecule has 2 aromatic carbocycles. The van der Waals surface area contributed by atoms with Gasteiger partial charge in [-0.25, -0.2) is 4.79 Å². The number of hydrogen-bond donors (Lipinski definition) is 1. The summed E-state index contributed by atoms with van der Waals surface area (Å²) in [5.41, 5.74) is 0.140. The largest absolute Gasteiger partial charge is 0.872 e. The van der Waals surface area contributed by atoms with Gasteiger partial charge in [0.2, 0.25) is 0 Å². The monoisotopic (exact) mass is 187 g/mol. The molecule has 2 aromatic rings. The summed E-state index contributed by atoms with van der Waals surface area (Å²) in [5.74, 6) is -1.17. The molecule has 0 aliphatic heterocycles. The summed E-state index contributed by atoms with van der Waals surface area (Å²) in [6.07, 6.45) is 0. The van der Waals surface area contributed by atoms with E-state index in [4.69, 9.17) is 5.11 Å². The zero-order valence-corrected chi connectivity index (χ0v) is 7.23. The summed E-state index contributed by atoms with van der Waals surface area (Å²) < 4.78 is 0. The van der Waals surface area contributed by atoms with Gasteiger partial charge in [0.1, 0.15) is 0 Å². The average Bonchev–Trinajstić information content (AvgIpc) is 2.18. The first-order valence-corrected chi connectivity index (χ1v) is 4.11. The number of carbonyl (C=O) groups is 1. The van der Waals surface area contributed by atoms with E-state index in [0.717, 1.165) is 5.39 Å². The Morgan fingerprint density at radius 1 is 1.21 bits per heavy atom. The van der Waals surface area contributed by atoms with Crippen molar-refractivity contribution in [2.45, 2.75) is 0 Å². The van der Waals surface area contributed by atoms with E-state index in [1.54, 1.807) is 18.2 Å². The van der Waals surface area contributed by atoms with Gasteiger partial charge in [0, 0.05) is 0 Å². The van der Waals surface area contributed by atoms with Gasteiger partial charge < -0.3 is 10.2 Å². The molecule has 1 N–H and O–H groups in total. The minimum absolute atomic E-state index is 0.140. The number of hydrogen-bond acceptors (Lipinski definition) is 2. The van der Waals surface area contributed by atoms with Gasteiger partial charge in [-0.05, 0) is 22.9 Å². The van der Waals surface area contributed by atoms with Crippen LogP contribution in [0.5, 0.6) is 5.75 Å². The van der Waals surface area contributed by atoms with Crippen molar-refractivity contribution in [2.75, 3.05) is 0 Å². The Balaban J connectivity index is 2.76. The maximum absolute atomic E-state index is 11.4. The predicted molar refractivity (Wildman–Crippen MR) is 50.4 cm³/mol. The van der Waals surface area contributed by atoms with Gasteiger partial charge in [-0.2, -0.15) is 0 Å². The third-order valence-electron chi connectivity index (χ3n) is 2.09. The molecule has 0 aromatic heterocycles. The highest BCUT2D eigenvalue weighted by Gasteiger charge is 2.02. The van der Waals surface area contributed by atoms with E-state index in [2.05, 4.69) is 0 Å². The molecule has 0 aliphatic rings. The normalized spacial score (nSPS) is 10.3. The molecule has 0 fully saturated rings.